The molecule has 0 atom stereocenters. The van der Waals surface area contributed by atoms with Crippen molar-refractivity contribution < 1.29 is 9.47 Å². The Morgan fingerprint density at radius 3 is 2.30 bits per heavy atom. The predicted octanol–water partition coefficient (Wildman–Crippen LogP) is 3.93. The number of ether oxygens (including phenoxy) is 2. The smallest absolute Gasteiger partial charge is 0.162 e. The van der Waals surface area contributed by atoms with E-state index in [9.17, 15) is 0 Å². The second-order valence-electron chi connectivity index (χ2n) is 6.49. The standard InChI is InChI=1S/C19H23N5O2S/c1-19(2,12-5-7-13(8-6-12)24-27-20)23-18-14-9-16(25-3)17(26-4)10-15(14)21-11-22-18/h5-11,24H,20H2,1-4H3,(H,21,22,23). The van der Waals surface area contributed by atoms with Gasteiger partial charge in [-0.05, 0) is 37.6 Å². The molecule has 0 saturated heterocycles. The molecule has 0 aliphatic rings. The van der Waals surface area contributed by atoms with Crippen LogP contribution in [0.2, 0.25) is 0 Å². The number of hydrogen-bond acceptors (Lipinski definition) is 8. The van der Waals surface area contributed by atoms with E-state index >= 15 is 0 Å². The van der Waals surface area contributed by atoms with E-state index in [4.69, 9.17) is 14.6 Å². The first-order valence-corrected chi connectivity index (χ1v) is 9.23. The van der Waals surface area contributed by atoms with E-state index in [1.54, 1.807) is 14.2 Å². The summed E-state index contributed by atoms with van der Waals surface area (Å²) in [7, 11) is 3.22. The summed E-state index contributed by atoms with van der Waals surface area (Å²) in [6.07, 6.45) is 1.54. The average molecular weight is 385 g/mol. The van der Waals surface area contributed by atoms with Crippen LogP contribution in [0.15, 0.2) is 42.7 Å². The van der Waals surface area contributed by atoms with Gasteiger partial charge in [-0.15, -0.1) is 0 Å². The van der Waals surface area contributed by atoms with Gasteiger partial charge in [-0.2, -0.15) is 0 Å². The first kappa shape index (κ1) is 19.1. The van der Waals surface area contributed by atoms with Crippen LogP contribution in [0.1, 0.15) is 19.4 Å². The lowest BCUT2D eigenvalue weighted by atomic mass is 9.94. The molecule has 0 amide bonds. The number of rotatable bonds is 7. The van der Waals surface area contributed by atoms with Crippen molar-refractivity contribution in [3.63, 3.8) is 0 Å². The van der Waals surface area contributed by atoms with Gasteiger partial charge in [-0.3, -0.25) is 5.14 Å². The van der Waals surface area contributed by atoms with E-state index in [1.807, 2.05) is 24.3 Å². The molecule has 142 valence electrons. The monoisotopic (exact) mass is 385 g/mol. The molecule has 1 aromatic heterocycles. The van der Waals surface area contributed by atoms with Crippen molar-refractivity contribution >= 4 is 34.5 Å². The minimum Gasteiger partial charge on any atom is -0.493 e. The number of nitrogens with zero attached hydrogens (tertiary/aromatic N) is 2. The van der Waals surface area contributed by atoms with E-state index < -0.39 is 0 Å². The highest BCUT2D eigenvalue weighted by molar-refractivity contribution is 7.98. The summed E-state index contributed by atoms with van der Waals surface area (Å²) < 4.78 is 13.8. The summed E-state index contributed by atoms with van der Waals surface area (Å²) in [5.74, 6) is 2.00. The molecular formula is C19H23N5O2S. The SMILES string of the molecule is COc1cc2ncnc(NC(C)(C)c3ccc(NSN)cc3)c2cc1OC. The normalized spacial score (nSPS) is 11.3. The van der Waals surface area contributed by atoms with Crippen molar-refractivity contribution in [3.8, 4) is 11.5 Å². The fraction of sp³-hybridized carbons (Fsp3) is 0.263. The third-order valence-corrected chi connectivity index (χ3v) is 4.71. The summed E-state index contributed by atoms with van der Waals surface area (Å²) in [4.78, 5) is 8.80. The van der Waals surface area contributed by atoms with Gasteiger partial charge in [0.2, 0.25) is 0 Å². The lowest BCUT2D eigenvalue weighted by Crippen LogP contribution is -2.28. The maximum atomic E-state index is 5.44. The fourth-order valence-electron chi connectivity index (χ4n) is 2.87. The Hall–Kier alpha value is -2.71. The number of benzene rings is 2. The second-order valence-corrected chi connectivity index (χ2v) is 6.93. The van der Waals surface area contributed by atoms with Crippen LogP contribution in [0, 0.1) is 0 Å². The summed E-state index contributed by atoms with van der Waals surface area (Å²) in [5, 5.41) is 9.83. The zero-order valence-electron chi connectivity index (χ0n) is 15.7. The molecule has 0 saturated carbocycles. The summed E-state index contributed by atoms with van der Waals surface area (Å²) in [6.45, 7) is 4.20. The van der Waals surface area contributed by atoms with Gasteiger partial charge in [0, 0.05) is 29.3 Å². The van der Waals surface area contributed by atoms with Gasteiger partial charge < -0.3 is 19.5 Å². The van der Waals surface area contributed by atoms with E-state index in [-0.39, 0.29) is 5.54 Å². The van der Waals surface area contributed by atoms with Crippen molar-refractivity contribution in [1.82, 2.24) is 9.97 Å². The van der Waals surface area contributed by atoms with Gasteiger partial charge in [0.1, 0.15) is 12.1 Å². The van der Waals surface area contributed by atoms with E-state index in [2.05, 4.69) is 46.0 Å². The van der Waals surface area contributed by atoms with Gasteiger partial charge in [-0.25, -0.2) is 9.97 Å². The molecule has 0 bridgehead atoms. The van der Waals surface area contributed by atoms with E-state index in [0.717, 1.165) is 40.1 Å². The van der Waals surface area contributed by atoms with Crippen LogP contribution in [-0.4, -0.2) is 24.2 Å². The zero-order valence-corrected chi connectivity index (χ0v) is 16.6. The van der Waals surface area contributed by atoms with Crippen molar-refractivity contribution in [2.24, 2.45) is 5.14 Å². The Morgan fingerprint density at radius 2 is 1.67 bits per heavy atom. The molecule has 27 heavy (non-hydrogen) atoms. The molecule has 0 aliphatic heterocycles. The van der Waals surface area contributed by atoms with Crippen LogP contribution in [-0.2, 0) is 5.54 Å². The van der Waals surface area contributed by atoms with Gasteiger partial charge in [-0.1, -0.05) is 12.1 Å². The Bertz CT molecular complexity index is 931. The Labute approximate surface area is 162 Å². The van der Waals surface area contributed by atoms with Crippen LogP contribution in [0.3, 0.4) is 0 Å². The van der Waals surface area contributed by atoms with Gasteiger partial charge in [0.15, 0.2) is 11.5 Å². The minimum atomic E-state index is -0.358. The lowest BCUT2D eigenvalue weighted by Gasteiger charge is -2.28. The molecule has 0 aliphatic carbocycles. The van der Waals surface area contributed by atoms with Crippen molar-refractivity contribution in [2.45, 2.75) is 19.4 Å². The molecule has 7 nitrogen and oxygen atoms in total. The molecule has 3 aromatic rings. The summed E-state index contributed by atoms with van der Waals surface area (Å²) in [5.41, 5.74) is 2.48. The van der Waals surface area contributed by atoms with Crippen LogP contribution < -0.4 is 24.7 Å². The molecule has 0 fully saturated rings. The molecule has 1 heterocycles. The van der Waals surface area contributed by atoms with Crippen molar-refractivity contribution in [2.75, 3.05) is 24.3 Å². The molecule has 0 radical (unpaired) electrons. The van der Waals surface area contributed by atoms with Gasteiger partial charge in [0.25, 0.3) is 0 Å². The van der Waals surface area contributed by atoms with Gasteiger partial charge >= 0.3 is 0 Å². The van der Waals surface area contributed by atoms with E-state index in [0.29, 0.717) is 11.5 Å². The topological polar surface area (TPSA) is 94.3 Å². The lowest BCUT2D eigenvalue weighted by molar-refractivity contribution is 0.356. The number of fused-ring (bicyclic) bond motifs is 1. The quantitative estimate of drug-likeness (QED) is 0.527. The third kappa shape index (κ3) is 4.01. The summed E-state index contributed by atoms with van der Waals surface area (Å²) >= 11 is 1.07. The Balaban J connectivity index is 1.97. The Morgan fingerprint density at radius 1 is 1.00 bits per heavy atom. The van der Waals surface area contributed by atoms with Gasteiger partial charge in [0.05, 0.1) is 25.3 Å². The molecule has 8 heteroatoms. The average Bonchev–Trinajstić information content (AvgIpc) is 2.67. The molecule has 0 spiro atoms. The fourth-order valence-corrected chi connectivity index (χ4v) is 3.15. The predicted molar refractivity (Wildman–Crippen MR) is 111 cm³/mol. The maximum absolute atomic E-state index is 5.44. The summed E-state index contributed by atoms with van der Waals surface area (Å²) in [6, 6.07) is 11.8. The maximum Gasteiger partial charge on any atom is 0.162 e. The number of methoxy groups -OCH3 is 2. The largest absolute Gasteiger partial charge is 0.493 e. The van der Waals surface area contributed by atoms with Crippen LogP contribution in [0.4, 0.5) is 11.5 Å². The highest BCUT2D eigenvalue weighted by atomic mass is 32.2. The third-order valence-electron chi connectivity index (χ3n) is 4.35. The van der Waals surface area contributed by atoms with Crippen molar-refractivity contribution in [3.05, 3.63) is 48.3 Å². The Kier molecular flexibility index (Phi) is 5.57. The molecule has 0 unspecified atom stereocenters. The number of aromatic nitrogens is 2. The van der Waals surface area contributed by atoms with Crippen LogP contribution >= 0.6 is 12.1 Å². The molecule has 4 N–H and O–H groups in total. The van der Waals surface area contributed by atoms with E-state index in [1.165, 1.54) is 6.33 Å². The van der Waals surface area contributed by atoms with Crippen molar-refractivity contribution in [1.29, 1.82) is 0 Å². The molecule has 3 rings (SSSR count). The molecule has 2 aromatic carbocycles. The highest BCUT2D eigenvalue weighted by Gasteiger charge is 2.22. The first-order chi connectivity index (χ1) is 13.0. The number of anilines is 2. The molecular weight excluding hydrogens is 362 g/mol. The first-order valence-electron chi connectivity index (χ1n) is 8.35. The van der Waals surface area contributed by atoms with Crippen LogP contribution in [0.5, 0.6) is 11.5 Å². The minimum absolute atomic E-state index is 0.358. The van der Waals surface area contributed by atoms with Crippen LogP contribution in [0.25, 0.3) is 10.9 Å². The second kappa shape index (κ2) is 7.89. The zero-order chi connectivity index (χ0) is 19.4. The number of nitrogens with one attached hydrogen (secondary N) is 2. The number of nitrogens with two attached hydrogens (primary N) is 1. The number of hydrogen-bond donors (Lipinski definition) is 3. The highest BCUT2D eigenvalue weighted by Crippen LogP contribution is 2.35.